The predicted molar refractivity (Wildman–Crippen MR) is 84.2 cm³/mol. The van der Waals surface area contributed by atoms with Gasteiger partial charge in [-0.15, -0.1) is 0 Å². The van der Waals surface area contributed by atoms with Crippen molar-refractivity contribution in [1.82, 2.24) is 0 Å². The number of fused-ring (bicyclic) bond motifs is 1. The zero-order valence-corrected chi connectivity index (χ0v) is 12.7. The molecule has 4 nitrogen and oxygen atoms in total. The molecule has 0 fully saturated rings. The van der Waals surface area contributed by atoms with Gasteiger partial charge in [-0.05, 0) is 36.2 Å². The first kappa shape index (κ1) is 14.6. The minimum atomic E-state index is -0.831. The van der Waals surface area contributed by atoms with Gasteiger partial charge in [-0.3, -0.25) is 4.79 Å². The van der Waals surface area contributed by atoms with E-state index in [1.807, 2.05) is 25.1 Å². The van der Waals surface area contributed by atoms with Crippen molar-refractivity contribution in [3.05, 3.63) is 64.2 Å². The zero-order valence-electron chi connectivity index (χ0n) is 11.9. The number of ether oxygens (including phenoxy) is 1. The molecule has 1 aliphatic rings. The summed E-state index contributed by atoms with van der Waals surface area (Å²) in [5.74, 6) is -0.827. The molecule has 22 heavy (non-hydrogen) atoms. The van der Waals surface area contributed by atoms with Gasteiger partial charge in [0, 0.05) is 17.1 Å². The normalized spacial score (nSPS) is 16.6. The maximum Gasteiger partial charge on any atom is 0.339 e. The summed E-state index contributed by atoms with van der Waals surface area (Å²) < 4.78 is 5.22. The van der Waals surface area contributed by atoms with Crippen LogP contribution in [-0.4, -0.2) is 18.0 Å². The van der Waals surface area contributed by atoms with Gasteiger partial charge in [0.15, 0.2) is 6.10 Å². The molecule has 0 saturated heterocycles. The molecule has 0 unspecified atom stereocenters. The third-order valence-electron chi connectivity index (χ3n) is 3.62. The summed E-state index contributed by atoms with van der Waals surface area (Å²) in [5, 5.41) is 3.30. The van der Waals surface area contributed by atoms with E-state index in [0.717, 1.165) is 11.1 Å². The van der Waals surface area contributed by atoms with Gasteiger partial charge in [-0.2, -0.15) is 0 Å². The lowest BCUT2D eigenvalue weighted by Crippen LogP contribution is -2.37. The summed E-state index contributed by atoms with van der Waals surface area (Å²) in [5.41, 5.74) is 2.85. The first-order valence-electron chi connectivity index (χ1n) is 6.90. The summed E-state index contributed by atoms with van der Waals surface area (Å²) in [6.07, 6.45) is -0.463. The summed E-state index contributed by atoms with van der Waals surface area (Å²) in [4.78, 5) is 24.2. The molecular formula is C17H14ClNO3. The van der Waals surface area contributed by atoms with Crippen LogP contribution in [0.3, 0.4) is 0 Å². The highest BCUT2D eigenvalue weighted by Crippen LogP contribution is 2.23. The number of amides is 1. The second-order valence-corrected chi connectivity index (χ2v) is 5.62. The highest BCUT2D eigenvalue weighted by molar-refractivity contribution is 6.31. The van der Waals surface area contributed by atoms with Crippen molar-refractivity contribution in [2.75, 3.05) is 5.32 Å². The van der Waals surface area contributed by atoms with E-state index in [9.17, 15) is 9.59 Å². The Morgan fingerprint density at radius 2 is 2.05 bits per heavy atom. The molecule has 2 aromatic carbocycles. The summed E-state index contributed by atoms with van der Waals surface area (Å²) in [7, 11) is 0. The van der Waals surface area contributed by atoms with Crippen LogP contribution in [0.1, 0.15) is 21.5 Å². The molecule has 0 bridgehead atoms. The molecule has 0 radical (unpaired) electrons. The van der Waals surface area contributed by atoms with E-state index in [-0.39, 0.29) is 5.91 Å². The molecule has 1 aliphatic heterocycles. The van der Waals surface area contributed by atoms with Gasteiger partial charge >= 0.3 is 5.97 Å². The fourth-order valence-corrected chi connectivity index (χ4v) is 2.55. The Balaban J connectivity index is 1.76. The molecule has 0 spiro atoms. The number of cyclic esters (lactones) is 1. The Hall–Kier alpha value is -2.33. The third kappa shape index (κ3) is 2.83. The van der Waals surface area contributed by atoms with Gasteiger partial charge in [0.2, 0.25) is 0 Å². The van der Waals surface area contributed by atoms with Crippen LogP contribution in [0.5, 0.6) is 0 Å². The summed E-state index contributed by atoms with van der Waals surface area (Å²) in [6, 6.07) is 12.4. The van der Waals surface area contributed by atoms with E-state index in [4.69, 9.17) is 16.3 Å². The van der Waals surface area contributed by atoms with E-state index in [0.29, 0.717) is 22.7 Å². The third-order valence-corrected chi connectivity index (χ3v) is 4.03. The van der Waals surface area contributed by atoms with Gasteiger partial charge < -0.3 is 10.1 Å². The van der Waals surface area contributed by atoms with Crippen LogP contribution in [0.25, 0.3) is 0 Å². The van der Waals surface area contributed by atoms with Gasteiger partial charge in [0.25, 0.3) is 5.91 Å². The Bertz CT molecular complexity index is 757. The molecule has 1 atom stereocenters. The van der Waals surface area contributed by atoms with E-state index in [1.54, 1.807) is 24.3 Å². The highest BCUT2D eigenvalue weighted by Gasteiger charge is 2.31. The standard InChI is InChI=1S/C17H14ClNO3/c1-10-6-7-12(9-14(10)18)19-16(20)15-8-11-4-2-3-5-13(11)17(21)22-15/h2-7,9,15H,8H2,1H3,(H,19,20)/t15-/m0/s1. The van der Waals surface area contributed by atoms with Crippen molar-refractivity contribution in [3.63, 3.8) is 0 Å². The Morgan fingerprint density at radius 1 is 1.27 bits per heavy atom. The molecule has 0 saturated carbocycles. The van der Waals surface area contributed by atoms with Crippen LogP contribution in [0.4, 0.5) is 5.69 Å². The molecule has 1 N–H and O–H groups in total. The van der Waals surface area contributed by atoms with Crippen LogP contribution in [0.15, 0.2) is 42.5 Å². The fraction of sp³-hybridized carbons (Fsp3) is 0.176. The molecule has 3 rings (SSSR count). The number of benzene rings is 2. The van der Waals surface area contributed by atoms with Gasteiger partial charge in [-0.1, -0.05) is 35.9 Å². The summed E-state index contributed by atoms with van der Waals surface area (Å²) >= 11 is 6.04. The molecule has 0 aliphatic carbocycles. The Kier molecular flexibility index (Phi) is 3.86. The first-order valence-corrected chi connectivity index (χ1v) is 7.28. The molecule has 2 aromatic rings. The quantitative estimate of drug-likeness (QED) is 0.864. The van der Waals surface area contributed by atoms with Gasteiger partial charge in [0.05, 0.1) is 5.56 Å². The fourth-order valence-electron chi connectivity index (χ4n) is 2.37. The van der Waals surface area contributed by atoms with E-state index >= 15 is 0 Å². The number of carbonyl (C=O) groups excluding carboxylic acids is 2. The average Bonchev–Trinajstić information content (AvgIpc) is 2.51. The number of anilines is 1. The highest BCUT2D eigenvalue weighted by atomic mass is 35.5. The van der Waals surface area contributed by atoms with Crippen LogP contribution in [-0.2, 0) is 16.0 Å². The molecule has 1 heterocycles. The van der Waals surface area contributed by atoms with Crippen molar-refractivity contribution < 1.29 is 14.3 Å². The average molecular weight is 316 g/mol. The minimum Gasteiger partial charge on any atom is -0.448 e. The number of halogens is 1. The lowest BCUT2D eigenvalue weighted by Gasteiger charge is -2.23. The van der Waals surface area contributed by atoms with Crippen LogP contribution in [0.2, 0.25) is 5.02 Å². The predicted octanol–water partition coefficient (Wildman–Crippen LogP) is 3.37. The lowest BCUT2D eigenvalue weighted by molar-refractivity contribution is -0.125. The van der Waals surface area contributed by atoms with Crippen molar-refractivity contribution in [1.29, 1.82) is 0 Å². The molecule has 5 heteroatoms. The number of hydrogen-bond donors (Lipinski definition) is 1. The molecule has 1 amide bonds. The van der Waals surface area contributed by atoms with Gasteiger partial charge in [-0.25, -0.2) is 4.79 Å². The van der Waals surface area contributed by atoms with E-state index in [2.05, 4.69) is 5.32 Å². The van der Waals surface area contributed by atoms with E-state index in [1.165, 1.54) is 0 Å². The summed E-state index contributed by atoms with van der Waals surface area (Å²) in [6.45, 7) is 1.88. The number of carbonyl (C=O) groups is 2. The number of aryl methyl sites for hydroxylation is 1. The number of nitrogens with one attached hydrogen (secondary N) is 1. The van der Waals surface area contributed by atoms with Crippen LogP contribution < -0.4 is 5.32 Å². The lowest BCUT2D eigenvalue weighted by atomic mass is 9.98. The largest absolute Gasteiger partial charge is 0.448 e. The maximum absolute atomic E-state index is 12.3. The number of rotatable bonds is 2. The monoisotopic (exact) mass is 315 g/mol. The minimum absolute atomic E-state index is 0.359. The van der Waals surface area contributed by atoms with Crippen LogP contribution in [0, 0.1) is 6.92 Å². The van der Waals surface area contributed by atoms with Gasteiger partial charge in [0.1, 0.15) is 0 Å². The van der Waals surface area contributed by atoms with E-state index < -0.39 is 12.1 Å². The first-order chi connectivity index (χ1) is 10.5. The Labute approximate surface area is 133 Å². The van der Waals surface area contributed by atoms with Crippen LogP contribution >= 0.6 is 11.6 Å². The maximum atomic E-state index is 12.3. The second kappa shape index (κ2) is 5.81. The molecule has 112 valence electrons. The number of hydrogen-bond acceptors (Lipinski definition) is 3. The smallest absolute Gasteiger partial charge is 0.339 e. The zero-order chi connectivity index (χ0) is 15.7. The van der Waals surface area contributed by atoms with Crippen molar-refractivity contribution in [3.8, 4) is 0 Å². The van der Waals surface area contributed by atoms with Crippen molar-refractivity contribution >= 4 is 29.2 Å². The number of esters is 1. The van der Waals surface area contributed by atoms with Crippen molar-refractivity contribution in [2.24, 2.45) is 0 Å². The Morgan fingerprint density at radius 3 is 2.82 bits per heavy atom. The topological polar surface area (TPSA) is 55.4 Å². The SMILES string of the molecule is Cc1ccc(NC(=O)[C@@H]2Cc3ccccc3C(=O)O2)cc1Cl. The molecule has 0 aromatic heterocycles. The van der Waals surface area contributed by atoms with Crippen molar-refractivity contribution in [2.45, 2.75) is 19.4 Å². The second-order valence-electron chi connectivity index (χ2n) is 5.21. The molecular weight excluding hydrogens is 302 g/mol.